The molecule has 3 rings (SSSR count). The van der Waals surface area contributed by atoms with Gasteiger partial charge in [-0.15, -0.1) is 0 Å². The summed E-state index contributed by atoms with van der Waals surface area (Å²) in [6.07, 6.45) is 8.49. The predicted octanol–water partition coefficient (Wildman–Crippen LogP) is 5.34. The van der Waals surface area contributed by atoms with Gasteiger partial charge in [0.15, 0.2) is 0 Å². The lowest BCUT2D eigenvalue weighted by Crippen LogP contribution is -2.36. The monoisotopic (exact) mass is 353 g/mol. The molecule has 0 amide bonds. The molecule has 2 saturated carbocycles. The summed E-state index contributed by atoms with van der Waals surface area (Å²) in [6.45, 7) is 8.30. The maximum Gasteiger partial charge on any atom is 0.121 e. The highest BCUT2D eigenvalue weighted by Gasteiger charge is 2.39. The molecule has 3 heteroatoms. The van der Waals surface area contributed by atoms with Gasteiger partial charge in [-0.1, -0.05) is 20.8 Å². The maximum absolute atomic E-state index is 5.84. The summed E-state index contributed by atoms with van der Waals surface area (Å²) >= 11 is 3.68. The summed E-state index contributed by atoms with van der Waals surface area (Å²) in [4.78, 5) is 0. The van der Waals surface area contributed by atoms with Crippen molar-refractivity contribution in [3.05, 3.63) is 22.6 Å². The molecular weight excluding hydrogens is 326 g/mol. The quantitative estimate of drug-likeness (QED) is 0.789. The molecule has 1 aromatic rings. The Morgan fingerprint density at radius 2 is 2.00 bits per heavy atom. The molecule has 0 bridgehead atoms. The van der Waals surface area contributed by atoms with Crippen molar-refractivity contribution in [1.82, 2.24) is 5.32 Å². The van der Waals surface area contributed by atoms with Gasteiger partial charge in [-0.05, 0) is 77.9 Å². The van der Waals surface area contributed by atoms with E-state index in [1.807, 2.05) is 12.3 Å². The third-order valence-electron chi connectivity index (χ3n) is 5.45. The van der Waals surface area contributed by atoms with Crippen LogP contribution >= 0.6 is 15.9 Å². The van der Waals surface area contributed by atoms with Crippen LogP contribution in [0.25, 0.3) is 0 Å². The Morgan fingerprint density at radius 1 is 1.24 bits per heavy atom. The largest absolute Gasteiger partial charge is 0.468 e. The highest BCUT2D eigenvalue weighted by Crippen LogP contribution is 2.48. The van der Waals surface area contributed by atoms with Crippen LogP contribution in [0, 0.1) is 17.3 Å². The molecule has 3 unspecified atom stereocenters. The van der Waals surface area contributed by atoms with E-state index in [2.05, 4.69) is 42.0 Å². The minimum Gasteiger partial charge on any atom is -0.468 e. The molecule has 2 fully saturated rings. The molecule has 1 N–H and O–H groups in total. The molecule has 3 atom stereocenters. The fourth-order valence-electron chi connectivity index (χ4n) is 3.76. The molecule has 1 aromatic heterocycles. The lowest BCUT2D eigenvalue weighted by atomic mass is 9.65. The molecule has 1 heterocycles. The van der Waals surface area contributed by atoms with Crippen LogP contribution in [0.4, 0.5) is 0 Å². The van der Waals surface area contributed by atoms with E-state index in [0.717, 1.165) is 23.0 Å². The molecule has 0 aliphatic heterocycles. The second kappa shape index (κ2) is 6.08. The van der Waals surface area contributed by atoms with Crippen LogP contribution in [0.2, 0.25) is 0 Å². The minimum absolute atomic E-state index is 0.395. The summed E-state index contributed by atoms with van der Waals surface area (Å²) in [5.41, 5.74) is 0.395. The summed E-state index contributed by atoms with van der Waals surface area (Å²) in [7, 11) is 0. The zero-order valence-electron chi connectivity index (χ0n) is 13.5. The molecule has 2 aliphatic carbocycles. The van der Waals surface area contributed by atoms with Crippen molar-refractivity contribution < 1.29 is 4.42 Å². The van der Waals surface area contributed by atoms with E-state index < -0.39 is 0 Å². The average Bonchev–Trinajstić information content (AvgIpc) is 3.16. The van der Waals surface area contributed by atoms with E-state index in [-0.39, 0.29) is 0 Å². The standard InChI is InChI=1S/C18H28BrNO/c1-18(2,3)13-5-4-12(11-20-14-6-7-14)15(10-13)17-16(19)8-9-21-17/h8-9,12-15,20H,4-7,10-11H2,1-3H3. The van der Waals surface area contributed by atoms with Gasteiger partial charge in [0, 0.05) is 12.0 Å². The normalized spacial score (nSPS) is 30.6. The van der Waals surface area contributed by atoms with Crippen LogP contribution in [-0.4, -0.2) is 12.6 Å². The topological polar surface area (TPSA) is 25.2 Å². The average molecular weight is 354 g/mol. The number of hydrogen-bond donors (Lipinski definition) is 1. The summed E-state index contributed by atoms with van der Waals surface area (Å²) in [5, 5.41) is 3.73. The number of halogens is 1. The Labute approximate surface area is 137 Å². The van der Waals surface area contributed by atoms with Crippen molar-refractivity contribution in [2.24, 2.45) is 17.3 Å². The van der Waals surface area contributed by atoms with Gasteiger partial charge in [0.05, 0.1) is 10.7 Å². The van der Waals surface area contributed by atoms with Gasteiger partial charge in [-0.3, -0.25) is 0 Å². The molecule has 2 aliphatic rings. The van der Waals surface area contributed by atoms with Crippen LogP contribution < -0.4 is 5.32 Å². The first-order valence-corrected chi connectivity index (χ1v) is 9.20. The fraction of sp³-hybridized carbons (Fsp3) is 0.778. The Hall–Kier alpha value is -0.280. The van der Waals surface area contributed by atoms with E-state index in [9.17, 15) is 0 Å². The molecule has 2 nitrogen and oxygen atoms in total. The first kappa shape index (κ1) is 15.6. The van der Waals surface area contributed by atoms with Crippen molar-refractivity contribution in [2.45, 2.75) is 64.8 Å². The maximum atomic E-state index is 5.84. The van der Waals surface area contributed by atoms with E-state index in [0.29, 0.717) is 17.3 Å². The molecule has 0 spiro atoms. The van der Waals surface area contributed by atoms with E-state index in [1.54, 1.807) is 0 Å². The second-order valence-corrected chi connectivity index (χ2v) is 8.91. The van der Waals surface area contributed by atoms with Crippen LogP contribution in [0.3, 0.4) is 0 Å². The zero-order valence-corrected chi connectivity index (χ0v) is 15.1. The first-order valence-electron chi connectivity index (χ1n) is 8.41. The number of furan rings is 1. The summed E-state index contributed by atoms with van der Waals surface area (Å²) in [6, 6.07) is 2.84. The van der Waals surface area contributed by atoms with E-state index in [1.165, 1.54) is 37.9 Å². The zero-order chi connectivity index (χ0) is 15.0. The van der Waals surface area contributed by atoms with Gasteiger partial charge >= 0.3 is 0 Å². The second-order valence-electron chi connectivity index (χ2n) is 8.06. The van der Waals surface area contributed by atoms with Crippen LogP contribution in [0.15, 0.2) is 21.2 Å². The van der Waals surface area contributed by atoms with Gasteiger partial charge in [-0.25, -0.2) is 0 Å². The lowest BCUT2D eigenvalue weighted by molar-refractivity contribution is 0.120. The van der Waals surface area contributed by atoms with Gasteiger partial charge < -0.3 is 9.73 Å². The van der Waals surface area contributed by atoms with Crippen molar-refractivity contribution in [1.29, 1.82) is 0 Å². The van der Waals surface area contributed by atoms with Crippen LogP contribution in [0.5, 0.6) is 0 Å². The van der Waals surface area contributed by atoms with Gasteiger partial charge in [-0.2, -0.15) is 0 Å². The van der Waals surface area contributed by atoms with Crippen molar-refractivity contribution in [2.75, 3.05) is 6.54 Å². The third kappa shape index (κ3) is 3.73. The van der Waals surface area contributed by atoms with Gasteiger partial charge in [0.2, 0.25) is 0 Å². The van der Waals surface area contributed by atoms with E-state index in [4.69, 9.17) is 4.42 Å². The Bertz CT molecular complexity index is 472. The van der Waals surface area contributed by atoms with Crippen LogP contribution in [0.1, 0.15) is 64.6 Å². The Morgan fingerprint density at radius 3 is 2.57 bits per heavy atom. The van der Waals surface area contributed by atoms with Gasteiger partial charge in [0.25, 0.3) is 0 Å². The Kier molecular flexibility index (Phi) is 4.52. The summed E-state index contributed by atoms with van der Waals surface area (Å²) < 4.78 is 6.99. The number of nitrogens with one attached hydrogen (secondary N) is 1. The predicted molar refractivity (Wildman–Crippen MR) is 90.5 cm³/mol. The first-order chi connectivity index (χ1) is 9.95. The molecule has 0 radical (unpaired) electrons. The third-order valence-corrected chi connectivity index (χ3v) is 6.10. The van der Waals surface area contributed by atoms with Crippen molar-refractivity contribution >= 4 is 15.9 Å². The molecule has 0 aromatic carbocycles. The number of hydrogen-bond acceptors (Lipinski definition) is 2. The lowest BCUT2D eigenvalue weighted by Gasteiger charge is -2.41. The number of rotatable bonds is 4. The highest BCUT2D eigenvalue weighted by molar-refractivity contribution is 9.10. The smallest absolute Gasteiger partial charge is 0.121 e. The summed E-state index contributed by atoms with van der Waals surface area (Å²) in [5.74, 6) is 3.23. The fourth-order valence-corrected chi connectivity index (χ4v) is 4.26. The molecule has 21 heavy (non-hydrogen) atoms. The van der Waals surface area contributed by atoms with Crippen molar-refractivity contribution in [3.8, 4) is 0 Å². The SMILES string of the molecule is CC(C)(C)C1CCC(CNC2CC2)C(c2occc2Br)C1. The molecular formula is C18H28BrNO. The van der Waals surface area contributed by atoms with Gasteiger partial charge in [0.1, 0.15) is 5.76 Å². The minimum atomic E-state index is 0.395. The highest BCUT2D eigenvalue weighted by atomic mass is 79.9. The molecule has 118 valence electrons. The van der Waals surface area contributed by atoms with Crippen LogP contribution in [-0.2, 0) is 0 Å². The van der Waals surface area contributed by atoms with E-state index >= 15 is 0 Å². The Balaban J connectivity index is 1.74. The van der Waals surface area contributed by atoms with Crippen molar-refractivity contribution in [3.63, 3.8) is 0 Å². The molecule has 0 saturated heterocycles.